The standard InChI is InChI=1S/C48H60FN9O6S/c1-29-23-33(9-10-35(29)51-45-50-27-31-24-47(2,3)44(61)57(42(31)53-45)32-7-5-6-8-32)65(63,64)34-25-48(26-34)17-21-55(22-18-48)28-30-15-19-56(20-16-30)36-11-12-37-41(40(36)49)54(4)46(62)58(37)38-13-14-39(59)52-43(38)60/h9-12,23,27,30,32,34,38H,5-8,13-22,24-26,28H2,1-4H3,(H,50,51,53)(H,52,59,60). The number of sulfone groups is 1. The van der Waals surface area contributed by atoms with Gasteiger partial charge in [-0.15, -0.1) is 0 Å². The zero-order valence-electron chi connectivity index (χ0n) is 37.9. The van der Waals surface area contributed by atoms with Crippen LogP contribution in [0.15, 0.2) is 46.2 Å². The van der Waals surface area contributed by atoms with Gasteiger partial charge in [0.1, 0.15) is 17.4 Å². The summed E-state index contributed by atoms with van der Waals surface area (Å²) in [6.07, 6.45) is 12.0. The highest BCUT2D eigenvalue weighted by Gasteiger charge is 2.51. The molecular weight excluding hydrogens is 850 g/mol. The van der Waals surface area contributed by atoms with Crippen molar-refractivity contribution in [3.63, 3.8) is 0 Å². The van der Waals surface area contributed by atoms with Crippen LogP contribution in [0.3, 0.4) is 0 Å². The van der Waals surface area contributed by atoms with Crippen LogP contribution in [-0.4, -0.2) is 94.2 Å². The van der Waals surface area contributed by atoms with Gasteiger partial charge in [0.15, 0.2) is 15.7 Å². The molecule has 1 atom stereocenters. The summed E-state index contributed by atoms with van der Waals surface area (Å²) >= 11 is 0. The molecule has 1 unspecified atom stereocenters. The van der Waals surface area contributed by atoms with Gasteiger partial charge in [0.05, 0.1) is 21.3 Å². The van der Waals surface area contributed by atoms with Crippen LogP contribution < -0.4 is 26.1 Å². The summed E-state index contributed by atoms with van der Waals surface area (Å²) in [4.78, 5) is 67.5. The molecule has 0 bridgehead atoms. The zero-order valence-corrected chi connectivity index (χ0v) is 38.7. The Morgan fingerprint density at radius 1 is 0.938 bits per heavy atom. The van der Waals surface area contributed by atoms with Crippen molar-refractivity contribution >= 4 is 61.7 Å². The quantitative estimate of drug-likeness (QED) is 0.186. The van der Waals surface area contributed by atoms with E-state index in [2.05, 4.69) is 20.5 Å². The molecule has 4 aliphatic heterocycles. The van der Waals surface area contributed by atoms with E-state index < -0.39 is 44.0 Å². The number of likely N-dealkylation sites (tertiary alicyclic amines) is 1. The number of aryl methyl sites for hydroxylation is 2. The number of hydrogen-bond acceptors (Lipinski definition) is 11. The molecule has 3 saturated heterocycles. The largest absolute Gasteiger partial charge is 0.369 e. The second kappa shape index (κ2) is 16.3. The van der Waals surface area contributed by atoms with E-state index in [1.165, 1.54) is 16.2 Å². The van der Waals surface area contributed by atoms with Crippen molar-refractivity contribution in [2.75, 3.05) is 47.8 Å². The van der Waals surface area contributed by atoms with Gasteiger partial charge in [0.2, 0.25) is 23.7 Å². The summed E-state index contributed by atoms with van der Waals surface area (Å²) < 4.78 is 46.7. The van der Waals surface area contributed by atoms with Crippen molar-refractivity contribution in [3.8, 4) is 0 Å². The second-order valence-corrected chi connectivity index (χ2v) is 22.8. The first-order valence-electron chi connectivity index (χ1n) is 23.5. The Morgan fingerprint density at radius 2 is 1.66 bits per heavy atom. The molecular formula is C48H60FN9O6S. The number of piperidine rings is 3. The lowest BCUT2D eigenvalue weighted by Gasteiger charge is -2.52. The molecule has 1 spiro atoms. The number of anilines is 4. The summed E-state index contributed by atoms with van der Waals surface area (Å²) in [6.45, 7) is 10.1. The highest BCUT2D eigenvalue weighted by Crippen LogP contribution is 2.53. The molecule has 2 aliphatic carbocycles. The number of benzene rings is 2. The van der Waals surface area contributed by atoms with Crippen LogP contribution in [0.5, 0.6) is 0 Å². The molecule has 0 radical (unpaired) electrons. The Hall–Kier alpha value is -5.16. The Bertz CT molecular complexity index is 2760. The van der Waals surface area contributed by atoms with Crippen LogP contribution >= 0.6 is 0 Å². The first-order valence-corrected chi connectivity index (χ1v) is 25.1. The van der Waals surface area contributed by atoms with Crippen molar-refractivity contribution < 1.29 is 27.2 Å². The predicted molar refractivity (Wildman–Crippen MR) is 246 cm³/mol. The number of amides is 3. The molecule has 15 nitrogen and oxygen atoms in total. The molecule has 2 N–H and O–H groups in total. The average molecular weight is 910 g/mol. The SMILES string of the molecule is Cc1cc(S(=O)(=O)C2CC3(CCN(CC4CCN(c5ccc6c(c5F)n(C)c(=O)n6C5CCC(=O)NC5=O)CC4)CC3)C2)ccc1Nc1ncc2c(n1)N(C1CCCC1)C(=O)C(C)(C)C2. The molecule has 10 rings (SSSR count). The van der Waals surface area contributed by atoms with Crippen LogP contribution in [-0.2, 0) is 37.7 Å². The minimum Gasteiger partial charge on any atom is -0.369 e. The fourth-order valence-electron chi connectivity index (χ4n) is 11.9. The predicted octanol–water partition coefficient (Wildman–Crippen LogP) is 6.09. The monoisotopic (exact) mass is 909 g/mol. The summed E-state index contributed by atoms with van der Waals surface area (Å²) in [5.74, 6) is 0.232. The minimum absolute atomic E-state index is 0.0499. The van der Waals surface area contributed by atoms with Crippen LogP contribution in [0.25, 0.3) is 11.0 Å². The van der Waals surface area contributed by atoms with Crippen molar-refractivity contribution in [1.29, 1.82) is 0 Å². The Kier molecular flexibility index (Phi) is 11.0. The van der Waals surface area contributed by atoms with Crippen molar-refractivity contribution in [2.45, 2.75) is 126 Å². The number of nitrogens with one attached hydrogen (secondary N) is 2. The van der Waals surface area contributed by atoms with Gasteiger partial charge < -0.3 is 15.1 Å². The number of hydrogen-bond donors (Lipinski definition) is 2. The normalized spacial score (nSPS) is 23.3. The van der Waals surface area contributed by atoms with E-state index in [0.717, 1.165) is 87.8 Å². The van der Waals surface area contributed by atoms with Gasteiger partial charge in [0, 0.05) is 62.0 Å². The number of carbonyl (C=O) groups excluding carboxylic acids is 3. The molecule has 17 heteroatoms. The second-order valence-electron chi connectivity index (χ2n) is 20.6. The summed E-state index contributed by atoms with van der Waals surface area (Å²) in [7, 11) is -2.01. The third-order valence-corrected chi connectivity index (χ3v) is 17.9. The number of imide groups is 1. The number of aromatic nitrogens is 4. The Morgan fingerprint density at radius 3 is 2.35 bits per heavy atom. The van der Waals surface area contributed by atoms with Crippen LogP contribution in [0.4, 0.5) is 27.5 Å². The van der Waals surface area contributed by atoms with Crippen molar-refractivity contribution in [3.05, 3.63) is 64.0 Å². The van der Waals surface area contributed by atoms with E-state index in [0.29, 0.717) is 66.1 Å². The molecule has 4 aromatic rings. The smallest absolute Gasteiger partial charge is 0.329 e. The Labute approximate surface area is 379 Å². The Balaban J connectivity index is 0.720. The summed E-state index contributed by atoms with van der Waals surface area (Å²) in [5.41, 5.74) is 2.46. The van der Waals surface area contributed by atoms with Crippen molar-refractivity contribution in [2.24, 2.45) is 23.8 Å². The molecule has 3 amide bonds. The highest BCUT2D eigenvalue weighted by molar-refractivity contribution is 7.92. The van der Waals surface area contributed by atoms with E-state index in [4.69, 9.17) is 4.98 Å². The van der Waals surface area contributed by atoms with E-state index in [9.17, 15) is 27.6 Å². The third-order valence-electron chi connectivity index (χ3n) is 15.8. The van der Waals surface area contributed by atoms with Gasteiger partial charge in [-0.1, -0.05) is 26.7 Å². The number of carbonyl (C=O) groups is 3. The molecule has 5 fully saturated rings. The average Bonchev–Trinajstić information content (AvgIpc) is 3.88. The van der Waals surface area contributed by atoms with Gasteiger partial charge in [-0.3, -0.25) is 33.7 Å². The number of fused-ring (bicyclic) bond motifs is 2. The number of halogens is 1. The first-order chi connectivity index (χ1) is 31.0. The number of rotatable bonds is 9. The van der Waals surface area contributed by atoms with E-state index >= 15 is 4.39 Å². The summed E-state index contributed by atoms with van der Waals surface area (Å²) in [6, 6.07) is 7.92. The lowest BCUT2D eigenvalue weighted by atomic mass is 9.63. The maximum Gasteiger partial charge on any atom is 0.329 e. The molecule has 2 saturated carbocycles. The zero-order chi connectivity index (χ0) is 45.6. The fraction of sp³-hybridized carbons (Fsp3) is 0.583. The lowest BCUT2D eigenvalue weighted by molar-refractivity contribution is -0.135. The van der Waals surface area contributed by atoms with E-state index in [-0.39, 0.29) is 41.6 Å². The van der Waals surface area contributed by atoms with Gasteiger partial charge in [-0.2, -0.15) is 4.98 Å². The van der Waals surface area contributed by atoms with E-state index in [1.807, 2.05) is 36.8 Å². The van der Waals surface area contributed by atoms with Gasteiger partial charge in [-0.05, 0) is 131 Å². The fourth-order valence-corrected chi connectivity index (χ4v) is 14.0. The number of nitrogens with zero attached hydrogens (tertiary/aromatic N) is 7. The van der Waals surface area contributed by atoms with Crippen LogP contribution in [0.2, 0.25) is 0 Å². The molecule has 6 aliphatic rings. The molecule has 65 heavy (non-hydrogen) atoms. The topological polar surface area (TPSA) is 172 Å². The van der Waals surface area contributed by atoms with Gasteiger partial charge in [-0.25, -0.2) is 22.6 Å². The van der Waals surface area contributed by atoms with Crippen LogP contribution in [0, 0.1) is 29.5 Å². The van der Waals surface area contributed by atoms with E-state index in [1.54, 1.807) is 30.3 Å². The van der Waals surface area contributed by atoms with Gasteiger partial charge >= 0.3 is 5.69 Å². The maximum absolute atomic E-state index is 16.2. The van der Waals surface area contributed by atoms with Crippen LogP contribution in [0.1, 0.15) is 108 Å². The third kappa shape index (κ3) is 7.73. The number of imidazole rings is 1. The molecule has 2 aromatic carbocycles. The van der Waals surface area contributed by atoms with Crippen molar-refractivity contribution in [1.82, 2.24) is 29.3 Å². The summed E-state index contributed by atoms with van der Waals surface area (Å²) in [5, 5.41) is 5.21. The first kappa shape index (κ1) is 43.7. The maximum atomic E-state index is 16.2. The molecule has 6 heterocycles. The minimum atomic E-state index is -3.52. The lowest BCUT2D eigenvalue weighted by Crippen LogP contribution is -2.52. The molecule has 346 valence electrons. The highest BCUT2D eigenvalue weighted by atomic mass is 32.2. The molecule has 2 aromatic heterocycles. The van der Waals surface area contributed by atoms with Gasteiger partial charge in [0.25, 0.3) is 0 Å².